The summed E-state index contributed by atoms with van der Waals surface area (Å²) >= 11 is 0. The van der Waals surface area contributed by atoms with Crippen LogP contribution in [0.3, 0.4) is 0 Å². The molecule has 6 nitrogen and oxygen atoms in total. The van der Waals surface area contributed by atoms with Crippen LogP contribution in [-0.2, 0) is 0 Å². The van der Waals surface area contributed by atoms with Gasteiger partial charge in [0.25, 0.3) is 0 Å². The molecule has 2 rings (SSSR count). The summed E-state index contributed by atoms with van der Waals surface area (Å²) in [6, 6.07) is 11.4. The molecule has 1 aromatic carbocycles. The smallest absolute Gasteiger partial charge is 0.167 e. The molecule has 0 amide bonds. The second-order valence-electron chi connectivity index (χ2n) is 4.90. The van der Waals surface area contributed by atoms with E-state index in [4.69, 9.17) is 4.74 Å². The number of hydrogen-bond donors (Lipinski definition) is 2. The average Bonchev–Trinajstić information content (AvgIpc) is 2.55. The Kier molecular flexibility index (Phi) is 5.28. The van der Waals surface area contributed by atoms with Gasteiger partial charge in [-0.3, -0.25) is 0 Å². The standard InChI is InChI=1S/C16H18N4O2/c1-11-12(2)19-20-16(15(11)8-17)18-9-13(21)10-22-14-6-4-3-5-7-14/h3-7,13,21H,9-10H2,1-2H3,(H,18,20). The molecule has 0 spiro atoms. The second kappa shape index (κ2) is 7.38. The Morgan fingerprint density at radius 2 is 2.00 bits per heavy atom. The molecule has 0 radical (unpaired) electrons. The molecule has 2 aromatic rings. The third-order valence-corrected chi connectivity index (χ3v) is 3.26. The highest BCUT2D eigenvalue weighted by Gasteiger charge is 2.12. The number of nitrogens with one attached hydrogen (secondary N) is 1. The molecule has 0 bridgehead atoms. The molecule has 0 aliphatic rings. The van der Waals surface area contributed by atoms with Crippen LogP contribution in [0.4, 0.5) is 5.82 Å². The number of benzene rings is 1. The Morgan fingerprint density at radius 1 is 1.27 bits per heavy atom. The maximum absolute atomic E-state index is 9.94. The van der Waals surface area contributed by atoms with Gasteiger partial charge in [-0.15, -0.1) is 5.10 Å². The molecule has 0 saturated heterocycles. The lowest BCUT2D eigenvalue weighted by molar-refractivity contribution is 0.117. The van der Waals surface area contributed by atoms with E-state index < -0.39 is 6.10 Å². The van der Waals surface area contributed by atoms with E-state index in [0.29, 0.717) is 17.1 Å². The fourth-order valence-electron chi connectivity index (χ4n) is 1.85. The summed E-state index contributed by atoms with van der Waals surface area (Å²) in [6.07, 6.45) is -0.727. The van der Waals surface area contributed by atoms with E-state index in [2.05, 4.69) is 21.6 Å². The van der Waals surface area contributed by atoms with Gasteiger partial charge >= 0.3 is 0 Å². The summed E-state index contributed by atoms with van der Waals surface area (Å²) in [5.41, 5.74) is 1.95. The third-order valence-electron chi connectivity index (χ3n) is 3.26. The molecule has 0 aliphatic heterocycles. The Bertz CT molecular complexity index is 668. The highest BCUT2D eigenvalue weighted by Crippen LogP contribution is 2.17. The maximum Gasteiger partial charge on any atom is 0.167 e. The zero-order valence-corrected chi connectivity index (χ0v) is 12.6. The third kappa shape index (κ3) is 3.93. The molecular weight excluding hydrogens is 280 g/mol. The summed E-state index contributed by atoms with van der Waals surface area (Å²) in [5.74, 6) is 1.08. The predicted molar refractivity (Wildman–Crippen MR) is 82.7 cm³/mol. The van der Waals surface area contributed by atoms with Crippen LogP contribution in [0.15, 0.2) is 30.3 Å². The van der Waals surface area contributed by atoms with Gasteiger partial charge in [-0.1, -0.05) is 18.2 Å². The molecule has 0 aliphatic carbocycles. The lowest BCUT2D eigenvalue weighted by Crippen LogP contribution is -2.27. The number of aryl methyl sites for hydroxylation is 1. The predicted octanol–water partition coefficient (Wildman–Crippen LogP) is 1.82. The van der Waals surface area contributed by atoms with Crippen molar-refractivity contribution in [2.75, 3.05) is 18.5 Å². The molecule has 22 heavy (non-hydrogen) atoms. The van der Waals surface area contributed by atoms with Crippen LogP contribution in [0.2, 0.25) is 0 Å². The number of para-hydroxylation sites is 1. The topological polar surface area (TPSA) is 91.1 Å². The van der Waals surface area contributed by atoms with Gasteiger partial charge in [0.1, 0.15) is 30.1 Å². The molecule has 0 saturated carbocycles. The lowest BCUT2D eigenvalue weighted by Gasteiger charge is -2.14. The minimum Gasteiger partial charge on any atom is -0.491 e. The van der Waals surface area contributed by atoms with Crippen LogP contribution in [0.1, 0.15) is 16.8 Å². The number of aromatic nitrogens is 2. The van der Waals surface area contributed by atoms with Crippen molar-refractivity contribution in [3.63, 3.8) is 0 Å². The molecule has 6 heteroatoms. The van der Waals surface area contributed by atoms with Crippen molar-refractivity contribution in [3.8, 4) is 11.8 Å². The number of aliphatic hydroxyl groups excluding tert-OH is 1. The van der Waals surface area contributed by atoms with E-state index in [0.717, 1.165) is 11.3 Å². The van der Waals surface area contributed by atoms with Gasteiger partial charge in [0.2, 0.25) is 0 Å². The Hall–Kier alpha value is -2.65. The molecule has 1 atom stereocenters. The van der Waals surface area contributed by atoms with Crippen molar-refractivity contribution >= 4 is 5.82 Å². The highest BCUT2D eigenvalue weighted by atomic mass is 16.5. The zero-order valence-electron chi connectivity index (χ0n) is 12.6. The minimum absolute atomic E-state index is 0.150. The van der Waals surface area contributed by atoms with Crippen molar-refractivity contribution in [3.05, 3.63) is 47.2 Å². The first-order valence-electron chi connectivity index (χ1n) is 6.95. The minimum atomic E-state index is -0.727. The summed E-state index contributed by atoms with van der Waals surface area (Å²) < 4.78 is 5.46. The van der Waals surface area contributed by atoms with Crippen molar-refractivity contribution in [2.24, 2.45) is 0 Å². The first kappa shape index (κ1) is 15.7. The molecule has 1 aromatic heterocycles. The largest absolute Gasteiger partial charge is 0.491 e. The lowest BCUT2D eigenvalue weighted by atomic mass is 10.1. The normalized spacial score (nSPS) is 11.5. The van der Waals surface area contributed by atoms with Gasteiger partial charge in [-0.2, -0.15) is 10.4 Å². The molecule has 1 heterocycles. The molecule has 1 unspecified atom stereocenters. The maximum atomic E-state index is 9.94. The van der Waals surface area contributed by atoms with Gasteiger partial charge in [-0.05, 0) is 31.5 Å². The number of hydrogen-bond acceptors (Lipinski definition) is 6. The summed E-state index contributed by atoms with van der Waals surface area (Å²) in [5, 5.41) is 30.0. The molecule has 0 fully saturated rings. The van der Waals surface area contributed by atoms with E-state index in [1.807, 2.05) is 37.3 Å². The summed E-state index contributed by atoms with van der Waals surface area (Å²) in [6.45, 7) is 3.99. The fourth-order valence-corrected chi connectivity index (χ4v) is 1.85. The van der Waals surface area contributed by atoms with E-state index >= 15 is 0 Å². The first-order chi connectivity index (χ1) is 10.6. The summed E-state index contributed by atoms with van der Waals surface area (Å²) in [7, 11) is 0. The van der Waals surface area contributed by atoms with Crippen LogP contribution < -0.4 is 10.1 Å². The van der Waals surface area contributed by atoms with Crippen molar-refractivity contribution in [1.29, 1.82) is 5.26 Å². The van der Waals surface area contributed by atoms with Gasteiger partial charge in [-0.25, -0.2) is 0 Å². The summed E-state index contributed by atoms with van der Waals surface area (Å²) in [4.78, 5) is 0. The number of aliphatic hydroxyl groups is 1. The van der Waals surface area contributed by atoms with Gasteiger partial charge in [0.05, 0.1) is 5.69 Å². The number of nitriles is 1. The molecule has 114 valence electrons. The number of rotatable bonds is 6. The van der Waals surface area contributed by atoms with E-state index in [-0.39, 0.29) is 13.2 Å². The molecule has 2 N–H and O–H groups in total. The van der Waals surface area contributed by atoms with Crippen LogP contribution in [-0.4, -0.2) is 34.6 Å². The van der Waals surface area contributed by atoms with Crippen LogP contribution in [0.25, 0.3) is 0 Å². The average molecular weight is 298 g/mol. The zero-order chi connectivity index (χ0) is 15.9. The van der Waals surface area contributed by atoms with Crippen molar-refractivity contribution in [2.45, 2.75) is 20.0 Å². The van der Waals surface area contributed by atoms with Crippen molar-refractivity contribution in [1.82, 2.24) is 10.2 Å². The van der Waals surface area contributed by atoms with E-state index in [9.17, 15) is 10.4 Å². The van der Waals surface area contributed by atoms with Gasteiger partial charge < -0.3 is 15.2 Å². The van der Waals surface area contributed by atoms with E-state index in [1.165, 1.54) is 0 Å². The quantitative estimate of drug-likeness (QED) is 0.845. The molecular formula is C16H18N4O2. The fraction of sp³-hybridized carbons (Fsp3) is 0.312. The second-order valence-corrected chi connectivity index (χ2v) is 4.90. The van der Waals surface area contributed by atoms with Crippen molar-refractivity contribution < 1.29 is 9.84 Å². The first-order valence-corrected chi connectivity index (χ1v) is 6.95. The number of anilines is 1. The number of nitrogens with zero attached hydrogens (tertiary/aromatic N) is 3. The van der Waals surface area contributed by atoms with E-state index in [1.54, 1.807) is 6.92 Å². The Balaban J connectivity index is 1.90. The highest BCUT2D eigenvalue weighted by molar-refractivity contribution is 5.55. The Labute approximate surface area is 129 Å². The van der Waals surface area contributed by atoms with Crippen LogP contribution >= 0.6 is 0 Å². The Morgan fingerprint density at radius 3 is 2.68 bits per heavy atom. The van der Waals surface area contributed by atoms with Crippen LogP contribution in [0.5, 0.6) is 5.75 Å². The van der Waals surface area contributed by atoms with Crippen LogP contribution in [0, 0.1) is 25.2 Å². The number of ether oxygens (including phenoxy) is 1. The van der Waals surface area contributed by atoms with Gasteiger partial charge in [0, 0.05) is 6.54 Å². The monoisotopic (exact) mass is 298 g/mol. The van der Waals surface area contributed by atoms with Gasteiger partial charge in [0.15, 0.2) is 5.82 Å². The SMILES string of the molecule is Cc1nnc(NCC(O)COc2ccccc2)c(C#N)c1C.